The summed E-state index contributed by atoms with van der Waals surface area (Å²) in [5.41, 5.74) is -0.0431. The number of sulfonamides is 1. The highest BCUT2D eigenvalue weighted by Crippen LogP contribution is 2.31. The Bertz CT molecular complexity index is 613. The summed E-state index contributed by atoms with van der Waals surface area (Å²) in [5, 5.41) is 8.98. The molecule has 6 nitrogen and oxygen atoms in total. The molecule has 112 valence electrons. The van der Waals surface area contributed by atoms with Crippen molar-refractivity contribution >= 4 is 33.3 Å². The second kappa shape index (κ2) is 6.32. The lowest BCUT2D eigenvalue weighted by Crippen LogP contribution is -2.20. The number of carbonyl (C=O) groups is 1. The Balaban J connectivity index is 3.18. The first kappa shape index (κ1) is 16.6. The van der Waals surface area contributed by atoms with E-state index < -0.39 is 16.0 Å². The second-order valence-electron chi connectivity index (χ2n) is 4.61. The summed E-state index contributed by atoms with van der Waals surface area (Å²) in [4.78, 5) is 11.0. The van der Waals surface area contributed by atoms with Crippen molar-refractivity contribution in [3.8, 4) is 5.75 Å². The smallest absolute Gasteiger partial charge is 0.339 e. The van der Waals surface area contributed by atoms with E-state index in [4.69, 9.17) is 21.4 Å². The number of carboxylic acid groups (broad SMARTS) is 1. The molecule has 20 heavy (non-hydrogen) atoms. The van der Waals surface area contributed by atoms with Gasteiger partial charge in [-0.15, -0.1) is 0 Å². The summed E-state index contributed by atoms with van der Waals surface area (Å²) in [6.07, 6.45) is 0. The number of hydrogen-bond donors (Lipinski definition) is 2. The minimum atomic E-state index is -3.55. The van der Waals surface area contributed by atoms with E-state index in [1.807, 2.05) is 0 Å². The molecule has 1 rings (SSSR count). The maximum absolute atomic E-state index is 11.9. The van der Waals surface area contributed by atoms with Crippen molar-refractivity contribution < 1.29 is 23.1 Å². The first-order chi connectivity index (χ1) is 9.16. The molecular formula is C12H16ClNO5S. The molecule has 1 aromatic rings. The fraction of sp³-hybridized carbons (Fsp3) is 0.417. The number of carboxylic acids is 1. The van der Waals surface area contributed by atoms with Crippen LogP contribution in [0.5, 0.6) is 5.75 Å². The van der Waals surface area contributed by atoms with Gasteiger partial charge in [0.25, 0.3) is 0 Å². The molecule has 0 saturated carbocycles. The van der Waals surface area contributed by atoms with E-state index in [-0.39, 0.29) is 33.7 Å². The van der Waals surface area contributed by atoms with Crippen molar-refractivity contribution in [2.24, 2.45) is 5.92 Å². The van der Waals surface area contributed by atoms with E-state index in [2.05, 4.69) is 4.72 Å². The first-order valence-corrected chi connectivity index (χ1v) is 7.80. The van der Waals surface area contributed by atoms with E-state index in [0.717, 1.165) is 6.07 Å². The Kier molecular flexibility index (Phi) is 5.24. The van der Waals surface area contributed by atoms with Crippen LogP contribution in [-0.2, 0) is 10.0 Å². The summed E-state index contributed by atoms with van der Waals surface area (Å²) < 4.78 is 31.0. The van der Waals surface area contributed by atoms with E-state index in [0.29, 0.717) is 0 Å². The third-order valence-electron chi connectivity index (χ3n) is 2.34. The number of aromatic carboxylic acids is 1. The molecule has 0 fully saturated rings. The summed E-state index contributed by atoms with van der Waals surface area (Å²) in [6, 6.07) is 2.40. The van der Waals surface area contributed by atoms with Gasteiger partial charge in [-0.3, -0.25) is 4.72 Å². The molecule has 0 aliphatic carbocycles. The monoisotopic (exact) mass is 321 g/mol. The van der Waals surface area contributed by atoms with Gasteiger partial charge in [0.15, 0.2) is 0 Å². The molecule has 0 unspecified atom stereocenters. The molecule has 0 aromatic heterocycles. The summed E-state index contributed by atoms with van der Waals surface area (Å²) in [5.74, 6) is -1.29. The fourth-order valence-electron chi connectivity index (χ4n) is 1.62. The van der Waals surface area contributed by atoms with Crippen LogP contribution in [0.3, 0.4) is 0 Å². The average Bonchev–Trinajstić information content (AvgIpc) is 2.28. The molecule has 0 aliphatic rings. The van der Waals surface area contributed by atoms with Crippen LogP contribution < -0.4 is 9.46 Å². The normalized spacial score (nSPS) is 11.4. The van der Waals surface area contributed by atoms with Crippen LogP contribution >= 0.6 is 11.6 Å². The van der Waals surface area contributed by atoms with Gasteiger partial charge >= 0.3 is 5.97 Å². The SMILES string of the molecule is COc1cc(NS(=O)(=O)CC(C)C)c(Cl)cc1C(=O)O. The van der Waals surface area contributed by atoms with Gasteiger partial charge in [0.2, 0.25) is 10.0 Å². The molecule has 0 bridgehead atoms. The van der Waals surface area contributed by atoms with Crippen LogP contribution in [-0.4, -0.2) is 32.4 Å². The lowest BCUT2D eigenvalue weighted by atomic mass is 10.2. The predicted octanol–water partition coefficient (Wildman–Crippen LogP) is 2.44. The molecule has 2 N–H and O–H groups in total. The van der Waals surface area contributed by atoms with Crippen molar-refractivity contribution in [1.29, 1.82) is 0 Å². The van der Waals surface area contributed by atoms with Crippen LogP contribution in [0.15, 0.2) is 12.1 Å². The highest BCUT2D eigenvalue weighted by molar-refractivity contribution is 7.92. The number of methoxy groups -OCH3 is 1. The zero-order chi connectivity index (χ0) is 15.5. The number of hydrogen-bond acceptors (Lipinski definition) is 4. The van der Waals surface area contributed by atoms with Crippen molar-refractivity contribution in [2.75, 3.05) is 17.6 Å². The summed E-state index contributed by atoms with van der Waals surface area (Å²) in [7, 11) is -2.26. The molecule has 1 aromatic carbocycles. The number of rotatable bonds is 6. The molecule has 0 heterocycles. The minimum absolute atomic E-state index is 0.00414. The van der Waals surface area contributed by atoms with Gasteiger partial charge in [0.05, 0.1) is 23.6 Å². The third kappa shape index (κ3) is 4.28. The highest BCUT2D eigenvalue weighted by Gasteiger charge is 2.19. The first-order valence-electron chi connectivity index (χ1n) is 5.77. The molecule has 0 atom stereocenters. The number of anilines is 1. The Morgan fingerprint density at radius 2 is 2.05 bits per heavy atom. The van der Waals surface area contributed by atoms with Gasteiger partial charge in [0.1, 0.15) is 11.3 Å². The maximum atomic E-state index is 11.9. The zero-order valence-electron chi connectivity index (χ0n) is 11.3. The number of nitrogens with one attached hydrogen (secondary N) is 1. The molecule has 0 amide bonds. The van der Waals surface area contributed by atoms with E-state index in [1.54, 1.807) is 13.8 Å². The zero-order valence-corrected chi connectivity index (χ0v) is 12.9. The van der Waals surface area contributed by atoms with Crippen LogP contribution in [0.25, 0.3) is 0 Å². The van der Waals surface area contributed by atoms with Crippen molar-refractivity contribution in [1.82, 2.24) is 0 Å². The molecule has 8 heteroatoms. The molecule has 0 radical (unpaired) electrons. The second-order valence-corrected chi connectivity index (χ2v) is 6.79. The minimum Gasteiger partial charge on any atom is -0.496 e. The van der Waals surface area contributed by atoms with Gasteiger partial charge in [-0.2, -0.15) is 0 Å². The average molecular weight is 322 g/mol. The van der Waals surface area contributed by atoms with Gasteiger partial charge in [0, 0.05) is 6.07 Å². The van der Waals surface area contributed by atoms with Crippen molar-refractivity contribution in [3.63, 3.8) is 0 Å². The van der Waals surface area contributed by atoms with Crippen LogP contribution in [0.1, 0.15) is 24.2 Å². The molecular weight excluding hydrogens is 306 g/mol. The summed E-state index contributed by atoms with van der Waals surface area (Å²) in [6.45, 7) is 3.55. The fourth-order valence-corrected chi connectivity index (χ4v) is 3.35. The molecule has 0 saturated heterocycles. The van der Waals surface area contributed by atoms with Crippen LogP contribution in [0.4, 0.5) is 5.69 Å². The largest absolute Gasteiger partial charge is 0.496 e. The Labute approximate surface area is 122 Å². The maximum Gasteiger partial charge on any atom is 0.339 e. The Morgan fingerprint density at radius 3 is 2.50 bits per heavy atom. The third-order valence-corrected chi connectivity index (χ3v) is 4.29. The quantitative estimate of drug-likeness (QED) is 0.839. The Morgan fingerprint density at radius 1 is 1.45 bits per heavy atom. The van der Waals surface area contributed by atoms with E-state index in [9.17, 15) is 13.2 Å². The van der Waals surface area contributed by atoms with Crippen molar-refractivity contribution in [2.45, 2.75) is 13.8 Å². The van der Waals surface area contributed by atoms with Gasteiger partial charge in [-0.25, -0.2) is 13.2 Å². The topological polar surface area (TPSA) is 92.7 Å². The predicted molar refractivity (Wildman–Crippen MR) is 77.2 cm³/mol. The van der Waals surface area contributed by atoms with Gasteiger partial charge in [-0.05, 0) is 12.0 Å². The van der Waals surface area contributed by atoms with E-state index in [1.165, 1.54) is 13.2 Å². The van der Waals surface area contributed by atoms with Crippen LogP contribution in [0, 0.1) is 5.92 Å². The van der Waals surface area contributed by atoms with E-state index >= 15 is 0 Å². The number of halogens is 1. The lowest BCUT2D eigenvalue weighted by molar-refractivity contribution is 0.0693. The lowest BCUT2D eigenvalue weighted by Gasteiger charge is -2.13. The molecule has 0 spiro atoms. The number of benzene rings is 1. The highest BCUT2D eigenvalue weighted by atomic mass is 35.5. The van der Waals surface area contributed by atoms with Gasteiger partial charge < -0.3 is 9.84 Å². The summed E-state index contributed by atoms with van der Waals surface area (Å²) >= 11 is 5.90. The van der Waals surface area contributed by atoms with Gasteiger partial charge in [-0.1, -0.05) is 25.4 Å². The number of ether oxygens (including phenoxy) is 1. The van der Waals surface area contributed by atoms with Crippen LogP contribution in [0.2, 0.25) is 5.02 Å². The van der Waals surface area contributed by atoms with Crippen molar-refractivity contribution in [3.05, 3.63) is 22.7 Å². The molecule has 0 aliphatic heterocycles. The standard InChI is InChI=1S/C12H16ClNO5S/c1-7(2)6-20(17,18)14-10-5-11(19-3)8(12(15)16)4-9(10)13/h4-5,7,14H,6H2,1-3H3,(H,15,16). The Hall–Kier alpha value is -1.47.